The van der Waals surface area contributed by atoms with Crippen LogP contribution in [0.4, 0.5) is 0 Å². The fourth-order valence-electron chi connectivity index (χ4n) is 2.54. The summed E-state index contributed by atoms with van der Waals surface area (Å²) in [5.74, 6) is -1.74. The molecule has 0 saturated heterocycles. The van der Waals surface area contributed by atoms with Crippen LogP contribution in [-0.2, 0) is 19.1 Å². The molecule has 1 aliphatic rings. The van der Waals surface area contributed by atoms with Gasteiger partial charge in [0.2, 0.25) is 5.91 Å². The first-order valence-electron chi connectivity index (χ1n) is 7.20. The van der Waals surface area contributed by atoms with Gasteiger partial charge in [-0.1, -0.05) is 13.8 Å². The Hall–Kier alpha value is -1.63. The number of carbonyl (C=O) groups excluding carboxylic acids is 2. The summed E-state index contributed by atoms with van der Waals surface area (Å²) in [6.07, 6.45) is 1.42. The van der Waals surface area contributed by atoms with E-state index in [1.807, 2.05) is 13.8 Å². The van der Waals surface area contributed by atoms with Gasteiger partial charge in [-0.2, -0.15) is 0 Å². The quantitative estimate of drug-likeness (QED) is 0.606. The van der Waals surface area contributed by atoms with Crippen molar-refractivity contribution < 1.29 is 24.2 Å². The highest BCUT2D eigenvalue weighted by Crippen LogP contribution is 2.33. The zero-order chi connectivity index (χ0) is 16.2. The standard InChI is InChI=1S/C14H24N2O5/c1-7-4-5-8(2)12(7)21-14(20)9(3)16-13(19)10(15)6-11(17)18/h7-10,12H,4-6,15H2,1-3H3,(H,16,19)(H,17,18)/t7?,8?,9-,10+,12?/m1/s1. The maximum Gasteiger partial charge on any atom is 0.328 e. The Bertz CT molecular complexity index is 402. The van der Waals surface area contributed by atoms with Crippen molar-refractivity contribution >= 4 is 17.8 Å². The van der Waals surface area contributed by atoms with Crippen molar-refractivity contribution in [2.45, 2.75) is 58.2 Å². The van der Waals surface area contributed by atoms with Crippen LogP contribution in [0, 0.1) is 11.8 Å². The minimum atomic E-state index is -1.18. The van der Waals surface area contributed by atoms with Crippen molar-refractivity contribution in [2.24, 2.45) is 17.6 Å². The number of esters is 1. The number of amides is 1. The smallest absolute Gasteiger partial charge is 0.328 e. The molecule has 0 aromatic heterocycles. The maximum absolute atomic E-state index is 12.0. The van der Waals surface area contributed by atoms with Gasteiger partial charge in [0.25, 0.3) is 0 Å². The molecule has 120 valence electrons. The Morgan fingerprint density at radius 2 is 1.81 bits per heavy atom. The van der Waals surface area contributed by atoms with E-state index in [0.29, 0.717) is 11.8 Å². The average molecular weight is 300 g/mol. The summed E-state index contributed by atoms with van der Waals surface area (Å²) in [4.78, 5) is 34.1. The number of aliphatic carboxylic acids is 1. The van der Waals surface area contributed by atoms with Crippen LogP contribution in [0.25, 0.3) is 0 Å². The van der Waals surface area contributed by atoms with Crippen molar-refractivity contribution in [2.75, 3.05) is 0 Å². The number of nitrogens with two attached hydrogens (primary N) is 1. The SMILES string of the molecule is CC1CCC(C)C1OC(=O)[C@@H](C)NC(=O)[C@@H](N)CC(=O)O. The van der Waals surface area contributed by atoms with Gasteiger partial charge in [-0.3, -0.25) is 9.59 Å². The molecule has 7 heteroatoms. The Labute approximate surface area is 124 Å². The topological polar surface area (TPSA) is 119 Å². The number of rotatable bonds is 6. The highest BCUT2D eigenvalue weighted by Gasteiger charge is 2.34. The third-order valence-corrected chi connectivity index (χ3v) is 3.89. The summed E-state index contributed by atoms with van der Waals surface area (Å²) < 4.78 is 5.45. The second-order valence-corrected chi connectivity index (χ2v) is 5.87. The number of hydrogen-bond donors (Lipinski definition) is 3. The number of hydrogen-bond acceptors (Lipinski definition) is 5. The molecule has 1 aliphatic carbocycles. The first-order chi connectivity index (χ1) is 9.72. The predicted octanol–water partition coefficient (Wildman–Crippen LogP) is 0.271. The second-order valence-electron chi connectivity index (χ2n) is 5.87. The Kier molecular flexibility index (Phi) is 6.14. The van der Waals surface area contributed by atoms with E-state index in [9.17, 15) is 14.4 Å². The van der Waals surface area contributed by atoms with Gasteiger partial charge < -0.3 is 20.9 Å². The summed E-state index contributed by atoms with van der Waals surface area (Å²) in [5, 5.41) is 11.0. The molecule has 0 aromatic rings. The van der Waals surface area contributed by atoms with Crippen LogP contribution >= 0.6 is 0 Å². The van der Waals surface area contributed by atoms with E-state index in [0.717, 1.165) is 12.8 Å². The van der Waals surface area contributed by atoms with Crippen LogP contribution in [0.2, 0.25) is 0 Å². The first-order valence-corrected chi connectivity index (χ1v) is 7.20. The molecular weight excluding hydrogens is 276 g/mol. The van der Waals surface area contributed by atoms with Crippen molar-refractivity contribution in [3.8, 4) is 0 Å². The van der Waals surface area contributed by atoms with E-state index in [2.05, 4.69) is 5.32 Å². The minimum Gasteiger partial charge on any atom is -0.481 e. The molecule has 2 unspecified atom stereocenters. The molecular formula is C14H24N2O5. The Morgan fingerprint density at radius 3 is 2.29 bits per heavy atom. The molecule has 0 heterocycles. The molecule has 0 aliphatic heterocycles. The maximum atomic E-state index is 12.0. The van der Waals surface area contributed by atoms with Gasteiger partial charge in [0.1, 0.15) is 12.1 Å². The summed E-state index contributed by atoms with van der Waals surface area (Å²) in [7, 11) is 0. The molecule has 7 nitrogen and oxygen atoms in total. The Morgan fingerprint density at radius 1 is 1.29 bits per heavy atom. The largest absolute Gasteiger partial charge is 0.481 e. The van der Waals surface area contributed by atoms with Gasteiger partial charge in [0, 0.05) is 0 Å². The fourth-order valence-corrected chi connectivity index (χ4v) is 2.54. The van der Waals surface area contributed by atoms with E-state index in [-0.39, 0.29) is 6.10 Å². The van der Waals surface area contributed by atoms with Crippen LogP contribution in [0.15, 0.2) is 0 Å². The molecule has 0 bridgehead atoms. The molecule has 0 aromatic carbocycles. The van der Waals surface area contributed by atoms with Gasteiger partial charge in [-0.25, -0.2) is 4.79 Å². The van der Waals surface area contributed by atoms with Gasteiger partial charge >= 0.3 is 11.9 Å². The lowest BCUT2D eigenvalue weighted by Crippen LogP contribution is -2.49. The molecule has 0 radical (unpaired) electrons. The average Bonchev–Trinajstić information content (AvgIpc) is 2.69. The third-order valence-electron chi connectivity index (χ3n) is 3.89. The van der Waals surface area contributed by atoms with Crippen LogP contribution in [0.3, 0.4) is 0 Å². The zero-order valence-corrected chi connectivity index (χ0v) is 12.7. The normalized spacial score (nSPS) is 27.7. The van der Waals surface area contributed by atoms with Crippen LogP contribution < -0.4 is 11.1 Å². The molecule has 1 rings (SSSR count). The summed E-state index contributed by atoms with van der Waals surface area (Å²) >= 11 is 0. The highest BCUT2D eigenvalue weighted by molar-refractivity contribution is 5.89. The minimum absolute atomic E-state index is 0.135. The lowest BCUT2D eigenvalue weighted by Gasteiger charge is -2.23. The molecule has 21 heavy (non-hydrogen) atoms. The lowest BCUT2D eigenvalue weighted by atomic mass is 10.0. The van der Waals surface area contributed by atoms with Gasteiger partial charge in [-0.05, 0) is 31.6 Å². The molecule has 1 amide bonds. The molecule has 1 saturated carbocycles. The number of carboxylic acid groups (broad SMARTS) is 1. The highest BCUT2D eigenvalue weighted by atomic mass is 16.5. The van der Waals surface area contributed by atoms with Crippen LogP contribution in [0.5, 0.6) is 0 Å². The first kappa shape index (κ1) is 17.4. The van der Waals surface area contributed by atoms with E-state index >= 15 is 0 Å². The number of ether oxygens (including phenoxy) is 1. The van der Waals surface area contributed by atoms with Crippen LogP contribution in [0.1, 0.15) is 40.0 Å². The van der Waals surface area contributed by atoms with Crippen molar-refractivity contribution in [3.05, 3.63) is 0 Å². The van der Waals surface area contributed by atoms with Crippen molar-refractivity contribution in [1.82, 2.24) is 5.32 Å². The molecule has 1 fully saturated rings. The zero-order valence-electron chi connectivity index (χ0n) is 12.7. The van der Waals surface area contributed by atoms with E-state index in [1.165, 1.54) is 6.92 Å². The summed E-state index contributed by atoms with van der Waals surface area (Å²) in [6.45, 7) is 5.57. The van der Waals surface area contributed by atoms with Crippen molar-refractivity contribution in [1.29, 1.82) is 0 Å². The predicted molar refractivity (Wildman–Crippen MR) is 75.3 cm³/mol. The third kappa shape index (κ3) is 5.00. The number of carbonyl (C=O) groups is 3. The summed E-state index contributed by atoms with van der Waals surface area (Å²) in [6, 6.07) is -2.03. The lowest BCUT2D eigenvalue weighted by molar-refractivity contribution is -0.156. The van der Waals surface area contributed by atoms with Crippen molar-refractivity contribution in [3.63, 3.8) is 0 Å². The fraction of sp³-hybridized carbons (Fsp3) is 0.786. The number of nitrogens with one attached hydrogen (secondary N) is 1. The molecule has 4 N–H and O–H groups in total. The molecule has 4 atom stereocenters. The van der Waals surface area contributed by atoms with Gasteiger partial charge in [0.15, 0.2) is 0 Å². The number of carboxylic acids is 1. The van der Waals surface area contributed by atoms with E-state index < -0.39 is 36.4 Å². The van der Waals surface area contributed by atoms with Crippen LogP contribution in [-0.4, -0.2) is 41.1 Å². The Balaban J connectivity index is 2.47. The van der Waals surface area contributed by atoms with Gasteiger partial charge in [-0.15, -0.1) is 0 Å². The van der Waals surface area contributed by atoms with Gasteiger partial charge in [0.05, 0.1) is 12.5 Å². The molecule has 0 spiro atoms. The van der Waals surface area contributed by atoms with E-state index in [1.54, 1.807) is 0 Å². The monoisotopic (exact) mass is 300 g/mol. The van der Waals surface area contributed by atoms with E-state index in [4.69, 9.17) is 15.6 Å². The summed E-state index contributed by atoms with van der Waals surface area (Å²) in [5.41, 5.74) is 5.43. The second kappa shape index (κ2) is 7.40.